The van der Waals surface area contributed by atoms with E-state index in [2.05, 4.69) is 15.9 Å². The fraction of sp³-hybridized carbons (Fsp3) is 0.538. The average molecular weight is 386 g/mol. The van der Waals surface area contributed by atoms with Crippen molar-refractivity contribution in [2.75, 3.05) is 23.3 Å². The first-order chi connectivity index (χ1) is 8.95. The number of rotatable bonds is 4. The number of hydrogen-bond donors (Lipinski definition) is 0. The predicted molar refractivity (Wildman–Crippen MR) is 84.0 cm³/mol. The van der Waals surface area contributed by atoms with Gasteiger partial charge in [0, 0.05) is 21.6 Å². The second-order valence-electron chi connectivity index (χ2n) is 5.00. The van der Waals surface area contributed by atoms with Crippen molar-refractivity contribution in [3.05, 3.63) is 34.3 Å². The van der Waals surface area contributed by atoms with E-state index in [9.17, 15) is 8.42 Å². The first-order valence-corrected chi connectivity index (χ1v) is 9.71. The van der Waals surface area contributed by atoms with Crippen LogP contribution in [0, 0.1) is 5.92 Å². The zero-order valence-corrected chi connectivity index (χ0v) is 14.2. The van der Waals surface area contributed by atoms with Crippen molar-refractivity contribution in [1.29, 1.82) is 0 Å². The second kappa shape index (κ2) is 5.92. The Morgan fingerprint density at radius 2 is 1.89 bits per heavy atom. The molecule has 106 valence electrons. The lowest BCUT2D eigenvalue weighted by molar-refractivity contribution is 0.359. The molecule has 2 rings (SSSR count). The van der Waals surface area contributed by atoms with E-state index in [1.54, 1.807) is 0 Å². The standard InChI is InChI=1S/C13H15BrCl2O2S/c14-12-4-2-1-3-11(12)13(8-15,9-16)10-5-6-19(17,18)7-10/h1-4,10H,5-9H2. The fourth-order valence-corrected chi connectivity index (χ4v) is 6.31. The van der Waals surface area contributed by atoms with E-state index in [-0.39, 0.29) is 17.4 Å². The molecule has 1 aliphatic heterocycles. The molecule has 1 aromatic rings. The number of hydrogen-bond acceptors (Lipinski definition) is 2. The molecule has 1 heterocycles. The second-order valence-corrected chi connectivity index (χ2v) is 8.62. The van der Waals surface area contributed by atoms with Crippen LogP contribution in [-0.4, -0.2) is 31.7 Å². The topological polar surface area (TPSA) is 34.1 Å². The molecule has 0 bridgehead atoms. The third-order valence-electron chi connectivity index (χ3n) is 3.90. The smallest absolute Gasteiger partial charge is 0.150 e. The van der Waals surface area contributed by atoms with Crippen LogP contribution in [0.4, 0.5) is 0 Å². The summed E-state index contributed by atoms with van der Waals surface area (Å²) in [4.78, 5) is 0. The first kappa shape index (κ1) is 15.6. The number of benzene rings is 1. The van der Waals surface area contributed by atoms with Crippen molar-refractivity contribution in [3.63, 3.8) is 0 Å². The van der Waals surface area contributed by atoms with Gasteiger partial charge in [0.05, 0.1) is 11.5 Å². The van der Waals surface area contributed by atoms with Crippen LogP contribution in [0.15, 0.2) is 28.7 Å². The highest BCUT2D eigenvalue weighted by Crippen LogP contribution is 2.43. The Kier molecular flexibility index (Phi) is 4.87. The van der Waals surface area contributed by atoms with Crippen molar-refractivity contribution in [1.82, 2.24) is 0 Å². The summed E-state index contributed by atoms with van der Waals surface area (Å²) in [7, 11) is -2.95. The quantitative estimate of drug-likeness (QED) is 0.742. The van der Waals surface area contributed by atoms with Gasteiger partial charge >= 0.3 is 0 Å². The molecule has 0 aromatic heterocycles. The molecule has 2 nitrogen and oxygen atoms in total. The van der Waals surface area contributed by atoms with Gasteiger partial charge in [-0.3, -0.25) is 0 Å². The molecule has 0 N–H and O–H groups in total. The molecule has 1 aliphatic rings. The summed E-state index contributed by atoms with van der Waals surface area (Å²) >= 11 is 15.9. The molecule has 0 spiro atoms. The first-order valence-electron chi connectivity index (χ1n) is 6.02. The number of halogens is 3. The van der Waals surface area contributed by atoms with Crippen LogP contribution in [0.2, 0.25) is 0 Å². The Balaban J connectivity index is 2.47. The van der Waals surface area contributed by atoms with Gasteiger partial charge in [-0.1, -0.05) is 34.1 Å². The predicted octanol–water partition coefficient (Wildman–Crippen LogP) is 3.60. The largest absolute Gasteiger partial charge is 0.229 e. The van der Waals surface area contributed by atoms with Gasteiger partial charge in [-0.15, -0.1) is 23.2 Å². The van der Waals surface area contributed by atoms with Gasteiger partial charge in [-0.05, 0) is 24.0 Å². The zero-order chi connectivity index (χ0) is 14.1. The molecule has 1 fully saturated rings. The van der Waals surface area contributed by atoms with Gasteiger partial charge in [-0.25, -0.2) is 8.42 Å². The van der Waals surface area contributed by atoms with Crippen LogP contribution < -0.4 is 0 Å². The Labute approximate surface area is 132 Å². The van der Waals surface area contributed by atoms with Gasteiger partial charge < -0.3 is 0 Å². The van der Waals surface area contributed by atoms with Crippen molar-refractivity contribution in [3.8, 4) is 0 Å². The molecule has 0 saturated carbocycles. The van der Waals surface area contributed by atoms with Crippen molar-refractivity contribution in [2.45, 2.75) is 11.8 Å². The fourth-order valence-electron chi connectivity index (χ4n) is 2.71. The molecule has 1 unspecified atom stereocenters. The Morgan fingerprint density at radius 1 is 1.26 bits per heavy atom. The van der Waals surface area contributed by atoms with Crippen LogP contribution >= 0.6 is 39.1 Å². The van der Waals surface area contributed by atoms with E-state index in [1.165, 1.54) is 0 Å². The lowest BCUT2D eigenvalue weighted by atomic mass is 9.73. The van der Waals surface area contributed by atoms with Crippen LogP contribution in [0.3, 0.4) is 0 Å². The van der Waals surface area contributed by atoms with Gasteiger partial charge in [0.1, 0.15) is 0 Å². The Bertz CT molecular complexity index is 556. The lowest BCUT2D eigenvalue weighted by Crippen LogP contribution is -2.40. The molecule has 1 atom stereocenters. The number of alkyl halides is 2. The van der Waals surface area contributed by atoms with E-state index in [1.807, 2.05) is 24.3 Å². The summed E-state index contributed by atoms with van der Waals surface area (Å²) in [5.74, 6) is 1.02. The van der Waals surface area contributed by atoms with E-state index in [0.29, 0.717) is 18.2 Å². The maximum absolute atomic E-state index is 11.7. The summed E-state index contributed by atoms with van der Waals surface area (Å²) in [6.45, 7) is 0. The molecule has 0 aliphatic carbocycles. The normalized spacial score (nSPS) is 22.6. The van der Waals surface area contributed by atoms with E-state index in [0.717, 1.165) is 10.0 Å². The molecular formula is C13H15BrCl2O2S. The summed E-state index contributed by atoms with van der Waals surface area (Å²) in [5.41, 5.74) is 0.509. The highest BCUT2D eigenvalue weighted by Gasteiger charge is 2.45. The molecule has 0 amide bonds. The summed E-state index contributed by atoms with van der Waals surface area (Å²) in [6, 6.07) is 7.76. The Hall–Kier alpha value is 0.230. The lowest BCUT2D eigenvalue weighted by Gasteiger charge is -2.36. The van der Waals surface area contributed by atoms with Gasteiger partial charge in [0.15, 0.2) is 9.84 Å². The SMILES string of the molecule is O=S1(=O)CCC(C(CCl)(CCl)c2ccccc2Br)C1. The van der Waals surface area contributed by atoms with E-state index in [4.69, 9.17) is 23.2 Å². The molecule has 6 heteroatoms. The van der Waals surface area contributed by atoms with Gasteiger partial charge in [-0.2, -0.15) is 0 Å². The maximum atomic E-state index is 11.7. The van der Waals surface area contributed by atoms with E-state index >= 15 is 0 Å². The minimum atomic E-state index is -2.95. The van der Waals surface area contributed by atoms with Crippen molar-refractivity contribution < 1.29 is 8.42 Å². The molecule has 0 radical (unpaired) electrons. The summed E-state index contributed by atoms with van der Waals surface area (Å²) < 4.78 is 24.4. The molecule has 1 saturated heterocycles. The monoisotopic (exact) mass is 384 g/mol. The van der Waals surface area contributed by atoms with Crippen LogP contribution in [0.25, 0.3) is 0 Å². The van der Waals surface area contributed by atoms with E-state index < -0.39 is 15.3 Å². The van der Waals surface area contributed by atoms with Gasteiger partial charge in [0.25, 0.3) is 0 Å². The molecular weight excluding hydrogens is 371 g/mol. The minimum Gasteiger partial charge on any atom is -0.229 e. The van der Waals surface area contributed by atoms with Gasteiger partial charge in [0.2, 0.25) is 0 Å². The highest BCUT2D eigenvalue weighted by molar-refractivity contribution is 9.10. The minimum absolute atomic E-state index is 0.0220. The third kappa shape index (κ3) is 2.97. The molecule has 19 heavy (non-hydrogen) atoms. The number of sulfone groups is 1. The maximum Gasteiger partial charge on any atom is 0.150 e. The van der Waals surface area contributed by atoms with Crippen LogP contribution in [0.1, 0.15) is 12.0 Å². The summed E-state index contributed by atoms with van der Waals surface area (Å²) in [6.07, 6.45) is 0.628. The third-order valence-corrected chi connectivity index (χ3v) is 7.31. The van der Waals surface area contributed by atoms with Crippen molar-refractivity contribution >= 4 is 49.0 Å². The average Bonchev–Trinajstić information content (AvgIpc) is 2.74. The zero-order valence-electron chi connectivity index (χ0n) is 10.3. The summed E-state index contributed by atoms with van der Waals surface area (Å²) in [5, 5.41) is 0. The van der Waals surface area contributed by atoms with Crippen LogP contribution in [-0.2, 0) is 15.3 Å². The highest BCUT2D eigenvalue weighted by atomic mass is 79.9. The van der Waals surface area contributed by atoms with Crippen molar-refractivity contribution in [2.24, 2.45) is 5.92 Å². The molecule has 1 aromatic carbocycles. The Morgan fingerprint density at radius 3 is 2.37 bits per heavy atom. The van der Waals surface area contributed by atoms with Crippen LogP contribution in [0.5, 0.6) is 0 Å².